The predicted octanol–water partition coefficient (Wildman–Crippen LogP) is 1.65. The zero-order chi connectivity index (χ0) is 13.4. The first-order valence-corrected chi connectivity index (χ1v) is 6.15. The summed E-state index contributed by atoms with van der Waals surface area (Å²) in [6, 6.07) is 9.55. The van der Waals surface area contributed by atoms with Crippen LogP contribution >= 0.6 is 0 Å². The summed E-state index contributed by atoms with van der Waals surface area (Å²) < 4.78 is 0. The van der Waals surface area contributed by atoms with E-state index < -0.39 is 0 Å². The molecule has 1 rings (SSSR count). The van der Waals surface area contributed by atoms with Gasteiger partial charge in [0.25, 0.3) is 0 Å². The highest BCUT2D eigenvalue weighted by molar-refractivity contribution is 5.75. The van der Waals surface area contributed by atoms with Crippen LogP contribution in [-0.4, -0.2) is 23.9 Å². The van der Waals surface area contributed by atoms with E-state index >= 15 is 0 Å². The van der Waals surface area contributed by atoms with Crippen molar-refractivity contribution in [1.82, 2.24) is 4.90 Å². The molecule has 0 atom stereocenters. The van der Waals surface area contributed by atoms with Crippen LogP contribution in [0.3, 0.4) is 0 Å². The monoisotopic (exact) mass is 245 g/mol. The highest BCUT2D eigenvalue weighted by Crippen LogP contribution is 2.08. The number of hydrogen-bond acceptors (Lipinski definition) is 3. The highest BCUT2D eigenvalue weighted by atomic mass is 16.1. The fraction of sp³-hybridized carbons (Fsp3) is 0.429. The van der Waals surface area contributed by atoms with Gasteiger partial charge in [-0.25, -0.2) is 0 Å². The van der Waals surface area contributed by atoms with Crippen LogP contribution < -0.4 is 5.73 Å². The molecule has 0 aliphatic heterocycles. The van der Waals surface area contributed by atoms with Gasteiger partial charge in [-0.05, 0) is 30.7 Å². The minimum atomic E-state index is -0.317. The molecule has 0 radical (unpaired) electrons. The lowest BCUT2D eigenvalue weighted by atomic mass is 10.1. The van der Waals surface area contributed by atoms with E-state index in [1.54, 1.807) is 6.07 Å². The molecule has 4 nitrogen and oxygen atoms in total. The van der Waals surface area contributed by atoms with Crippen molar-refractivity contribution in [3.05, 3.63) is 35.4 Å². The normalized spacial score (nSPS) is 10.3. The average molecular weight is 245 g/mol. The lowest BCUT2D eigenvalue weighted by molar-refractivity contribution is -0.119. The van der Waals surface area contributed by atoms with Crippen LogP contribution in [0, 0.1) is 11.3 Å². The van der Waals surface area contributed by atoms with Crippen molar-refractivity contribution in [3.8, 4) is 6.07 Å². The van der Waals surface area contributed by atoms with Gasteiger partial charge in [0.05, 0.1) is 18.2 Å². The number of primary amides is 1. The van der Waals surface area contributed by atoms with Crippen molar-refractivity contribution in [2.24, 2.45) is 5.73 Å². The molecule has 18 heavy (non-hydrogen) atoms. The van der Waals surface area contributed by atoms with E-state index in [2.05, 4.69) is 13.0 Å². The summed E-state index contributed by atoms with van der Waals surface area (Å²) >= 11 is 0. The summed E-state index contributed by atoms with van der Waals surface area (Å²) in [6.07, 6.45) is 2.11. The van der Waals surface area contributed by atoms with Gasteiger partial charge in [-0.2, -0.15) is 5.26 Å². The summed E-state index contributed by atoms with van der Waals surface area (Å²) in [5.74, 6) is -0.317. The van der Waals surface area contributed by atoms with E-state index in [-0.39, 0.29) is 12.5 Å². The SMILES string of the molecule is CCCCN(CC(N)=O)Cc1cccc(C#N)c1. The number of amides is 1. The third-order valence-corrected chi connectivity index (χ3v) is 2.67. The number of nitrogens with two attached hydrogens (primary N) is 1. The van der Waals surface area contributed by atoms with Gasteiger partial charge in [0, 0.05) is 6.54 Å². The van der Waals surface area contributed by atoms with Crippen molar-refractivity contribution in [1.29, 1.82) is 5.26 Å². The molecule has 0 fully saturated rings. The van der Waals surface area contributed by atoms with Gasteiger partial charge in [0.2, 0.25) is 5.91 Å². The molecule has 0 spiro atoms. The summed E-state index contributed by atoms with van der Waals surface area (Å²) in [6.45, 7) is 3.87. The zero-order valence-electron chi connectivity index (χ0n) is 10.7. The molecule has 1 aromatic rings. The Bertz CT molecular complexity index is 437. The summed E-state index contributed by atoms with van der Waals surface area (Å²) in [5.41, 5.74) is 6.92. The van der Waals surface area contributed by atoms with Gasteiger partial charge in [0.1, 0.15) is 0 Å². The Morgan fingerprint density at radius 3 is 2.89 bits per heavy atom. The first-order chi connectivity index (χ1) is 8.65. The molecule has 0 aromatic heterocycles. The molecule has 96 valence electrons. The lowest BCUT2D eigenvalue weighted by Gasteiger charge is -2.20. The molecule has 1 aromatic carbocycles. The Hall–Kier alpha value is -1.86. The highest BCUT2D eigenvalue weighted by Gasteiger charge is 2.08. The fourth-order valence-corrected chi connectivity index (χ4v) is 1.81. The van der Waals surface area contributed by atoms with Crippen LogP contribution in [0.15, 0.2) is 24.3 Å². The molecule has 4 heteroatoms. The summed E-state index contributed by atoms with van der Waals surface area (Å²) in [4.78, 5) is 13.0. The number of carbonyl (C=O) groups is 1. The third-order valence-electron chi connectivity index (χ3n) is 2.67. The summed E-state index contributed by atoms with van der Waals surface area (Å²) in [5, 5.41) is 8.85. The van der Waals surface area contributed by atoms with Gasteiger partial charge < -0.3 is 5.73 Å². The Kier molecular flexibility index (Phi) is 5.89. The Balaban J connectivity index is 2.68. The topological polar surface area (TPSA) is 70.1 Å². The molecular weight excluding hydrogens is 226 g/mol. The van der Waals surface area contributed by atoms with Gasteiger partial charge in [0.15, 0.2) is 0 Å². The zero-order valence-corrected chi connectivity index (χ0v) is 10.7. The molecule has 0 heterocycles. The number of unbranched alkanes of at least 4 members (excludes halogenated alkanes) is 1. The van der Waals surface area contributed by atoms with Gasteiger partial charge in [-0.3, -0.25) is 9.69 Å². The Labute approximate surface area is 108 Å². The number of nitrogens with zero attached hydrogens (tertiary/aromatic N) is 2. The molecule has 0 bridgehead atoms. The molecule has 0 unspecified atom stereocenters. The Morgan fingerprint density at radius 2 is 2.28 bits per heavy atom. The smallest absolute Gasteiger partial charge is 0.231 e. The van der Waals surface area contributed by atoms with E-state index in [4.69, 9.17) is 11.0 Å². The van der Waals surface area contributed by atoms with Crippen LogP contribution in [0.25, 0.3) is 0 Å². The standard InChI is InChI=1S/C14H19N3O/c1-2-3-7-17(11-14(16)18)10-13-6-4-5-12(8-13)9-15/h4-6,8H,2-3,7,10-11H2,1H3,(H2,16,18). The maximum absolute atomic E-state index is 11.0. The average Bonchev–Trinajstić information content (AvgIpc) is 2.35. The molecular formula is C14H19N3O. The number of hydrogen-bond donors (Lipinski definition) is 1. The lowest BCUT2D eigenvalue weighted by Crippen LogP contribution is -2.34. The molecule has 2 N–H and O–H groups in total. The quantitative estimate of drug-likeness (QED) is 0.794. The second-order valence-electron chi connectivity index (χ2n) is 4.34. The molecule has 1 amide bonds. The molecule has 0 aliphatic rings. The maximum atomic E-state index is 11.0. The first-order valence-electron chi connectivity index (χ1n) is 6.15. The van der Waals surface area contributed by atoms with Crippen LogP contribution in [0.5, 0.6) is 0 Å². The van der Waals surface area contributed by atoms with Crippen LogP contribution in [0.4, 0.5) is 0 Å². The number of rotatable bonds is 7. The molecule has 0 saturated carbocycles. The second-order valence-corrected chi connectivity index (χ2v) is 4.34. The molecule has 0 aliphatic carbocycles. The van der Waals surface area contributed by atoms with Crippen LogP contribution in [0.2, 0.25) is 0 Å². The van der Waals surface area contributed by atoms with Gasteiger partial charge >= 0.3 is 0 Å². The van der Waals surface area contributed by atoms with Crippen LogP contribution in [-0.2, 0) is 11.3 Å². The van der Waals surface area contributed by atoms with Crippen LogP contribution in [0.1, 0.15) is 30.9 Å². The minimum absolute atomic E-state index is 0.261. The minimum Gasteiger partial charge on any atom is -0.369 e. The first kappa shape index (κ1) is 14.2. The van der Waals surface area contributed by atoms with Crippen molar-refractivity contribution in [2.75, 3.05) is 13.1 Å². The second kappa shape index (κ2) is 7.46. The van der Waals surface area contributed by atoms with Gasteiger partial charge in [-0.15, -0.1) is 0 Å². The maximum Gasteiger partial charge on any atom is 0.231 e. The van der Waals surface area contributed by atoms with Crippen molar-refractivity contribution >= 4 is 5.91 Å². The molecule has 0 saturated heterocycles. The summed E-state index contributed by atoms with van der Waals surface area (Å²) in [7, 11) is 0. The van der Waals surface area contributed by atoms with Gasteiger partial charge in [-0.1, -0.05) is 25.5 Å². The van der Waals surface area contributed by atoms with Crippen molar-refractivity contribution in [2.45, 2.75) is 26.3 Å². The fourth-order valence-electron chi connectivity index (χ4n) is 1.81. The predicted molar refractivity (Wildman–Crippen MR) is 70.5 cm³/mol. The van der Waals surface area contributed by atoms with Crippen molar-refractivity contribution < 1.29 is 4.79 Å². The third kappa shape index (κ3) is 4.98. The van der Waals surface area contributed by atoms with Crippen molar-refractivity contribution in [3.63, 3.8) is 0 Å². The number of nitriles is 1. The Morgan fingerprint density at radius 1 is 1.50 bits per heavy atom. The number of carbonyl (C=O) groups excluding carboxylic acids is 1. The van der Waals surface area contributed by atoms with E-state index in [1.807, 2.05) is 23.1 Å². The van der Waals surface area contributed by atoms with E-state index in [1.165, 1.54) is 0 Å². The van der Waals surface area contributed by atoms with E-state index in [9.17, 15) is 4.79 Å². The van der Waals surface area contributed by atoms with E-state index in [0.717, 1.165) is 24.9 Å². The largest absolute Gasteiger partial charge is 0.369 e. The van der Waals surface area contributed by atoms with E-state index in [0.29, 0.717) is 12.1 Å². The number of benzene rings is 1.